The molecule has 0 atom stereocenters. The first-order chi connectivity index (χ1) is 23.0. The molecule has 242 valence electrons. The SMILES string of the molecule is C1=CC[C]([Zr+2](=[C]2CCCCC2)[CH]2c3ccccc3-c3ccccc32)=C1.COc1cccc(OC)c1[O-].COc1cccc(OC)c1[O-]. The molecule has 1 fully saturated rings. The molecule has 0 bridgehead atoms. The summed E-state index contributed by atoms with van der Waals surface area (Å²) in [5, 5.41) is 22.4. The van der Waals surface area contributed by atoms with Crippen molar-refractivity contribution in [1.29, 1.82) is 0 Å². The topological polar surface area (TPSA) is 83.0 Å². The van der Waals surface area contributed by atoms with Gasteiger partial charge in [-0.25, -0.2) is 0 Å². The molecule has 1 saturated carbocycles. The van der Waals surface area contributed by atoms with Gasteiger partial charge >= 0.3 is 159 Å². The van der Waals surface area contributed by atoms with Crippen molar-refractivity contribution < 1.29 is 50.4 Å². The smallest absolute Gasteiger partial charge is 0.114 e. The molecule has 4 aromatic rings. The van der Waals surface area contributed by atoms with E-state index in [1.54, 1.807) is 47.5 Å². The average molecular weight is 710 g/mol. The van der Waals surface area contributed by atoms with Crippen LogP contribution >= 0.6 is 0 Å². The van der Waals surface area contributed by atoms with Gasteiger partial charge in [0.1, 0.15) is 23.0 Å². The fourth-order valence-electron chi connectivity index (χ4n) is 6.61. The van der Waals surface area contributed by atoms with Crippen LogP contribution in [-0.2, 0) is 21.3 Å². The Balaban J connectivity index is 0.000000164. The van der Waals surface area contributed by atoms with E-state index in [1.165, 1.54) is 78.1 Å². The molecule has 0 heterocycles. The van der Waals surface area contributed by atoms with E-state index in [4.69, 9.17) is 18.9 Å². The van der Waals surface area contributed by atoms with Crippen molar-refractivity contribution in [2.75, 3.05) is 28.4 Å². The predicted molar refractivity (Wildman–Crippen MR) is 182 cm³/mol. The van der Waals surface area contributed by atoms with Crippen LogP contribution in [0.2, 0.25) is 0 Å². The number of ether oxygens (including phenoxy) is 4. The van der Waals surface area contributed by atoms with Gasteiger partial charge in [0.25, 0.3) is 0 Å². The van der Waals surface area contributed by atoms with Crippen molar-refractivity contribution in [2.45, 2.75) is 42.2 Å². The van der Waals surface area contributed by atoms with Gasteiger partial charge in [0.05, 0.1) is 28.4 Å². The first-order valence-electron chi connectivity index (χ1n) is 16.0. The van der Waals surface area contributed by atoms with E-state index in [9.17, 15) is 10.2 Å². The maximum atomic E-state index is 11.2. The second-order valence-corrected chi connectivity index (χ2v) is 18.3. The summed E-state index contributed by atoms with van der Waals surface area (Å²) < 4.78 is 23.7. The fourth-order valence-corrected chi connectivity index (χ4v) is 16.1. The summed E-state index contributed by atoms with van der Waals surface area (Å²) >= 11 is -1.91. The van der Waals surface area contributed by atoms with Crippen LogP contribution in [0.5, 0.6) is 34.5 Å². The van der Waals surface area contributed by atoms with Crippen LogP contribution in [0, 0.1) is 0 Å². The van der Waals surface area contributed by atoms with Gasteiger partial charge in [-0.2, -0.15) is 0 Å². The van der Waals surface area contributed by atoms with Gasteiger partial charge in [0.15, 0.2) is 0 Å². The van der Waals surface area contributed by atoms with E-state index >= 15 is 0 Å². The molecule has 3 aliphatic rings. The van der Waals surface area contributed by atoms with Crippen molar-refractivity contribution >= 4 is 3.21 Å². The standard InChI is InChI=1S/C13H9.2C8H10O3.C6H10.C5H5.Zr/c1-3-7-12-10(5-1)9-11-6-2-4-8-13(11)12;2*1-10-6-4-3-5-7(11-2)8(6)9;1-2-4-6-5-3-1;1-2-4-5-3-1;/h1-9H;2*3-5,9H,1-2H3;1-5H2;1-3H,4H2;/q;;;;;+2/p-2. The summed E-state index contributed by atoms with van der Waals surface area (Å²) in [6.07, 6.45) is 15.5. The van der Waals surface area contributed by atoms with E-state index in [-0.39, 0.29) is 11.5 Å². The molecular formula is C40H42O6Zr. The zero-order valence-electron chi connectivity index (χ0n) is 27.6. The van der Waals surface area contributed by atoms with Crippen LogP contribution in [0.3, 0.4) is 0 Å². The molecule has 0 aliphatic heterocycles. The third-order valence-electron chi connectivity index (χ3n) is 8.84. The molecule has 47 heavy (non-hydrogen) atoms. The summed E-state index contributed by atoms with van der Waals surface area (Å²) in [4.78, 5) is 0. The molecule has 6 nitrogen and oxygen atoms in total. The fraction of sp³-hybridized carbons (Fsp3) is 0.275. The van der Waals surface area contributed by atoms with Crippen LogP contribution in [0.4, 0.5) is 0 Å². The van der Waals surface area contributed by atoms with Gasteiger partial charge in [-0.15, -0.1) is 0 Å². The Morgan fingerprint density at radius 1 is 0.574 bits per heavy atom. The number of hydrogen-bond acceptors (Lipinski definition) is 6. The normalized spacial score (nSPS) is 14.2. The average Bonchev–Trinajstić information content (AvgIpc) is 3.77. The Kier molecular flexibility index (Phi) is 12.1. The summed E-state index contributed by atoms with van der Waals surface area (Å²) in [5.74, 6) is 0.817. The van der Waals surface area contributed by atoms with Crippen LogP contribution < -0.4 is 29.2 Å². The van der Waals surface area contributed by atoms with Gasteiger partial charge in [-0.1, -0.05) is 12.1 Å². The number of benzene rings is 4. The van der Waals surface area contributed by atoms with Gasteiger partial charge in [-0.05, 0) is 35.8 Å². The molecule has 0 unspecified atom stereocenters. The van der Waals surface area contributed by atoms with E-state index in [0.29, 0.717) is 26.6 Å². The summed E-state index contributed by atoms with van der Waals surface area (Å²) in [7, 11) is 5.82. The molecule has 7 rings (SSSR count). The number of methoxy groups -OCH3 is 4. The second kappa shape index (κ2) is 16.6. The Labute approximate surface area is 286 Å². The molecule has 3 aliphatic carbocycles. The van der Waals surface area contributed by atoms with Crippen molar-refractivity contribution in [3.05, 3.63) is 118 Å². The largest absolute Gasteiger partial charge is 0.867 e. The number of allylic oxidation sites excluding steroid dienone is 4. The quantitative estimate of drug-likeness (QED) is 0.203. The molecule has 7 heteroatoms. The van der Waals surface area contributed by atoms with Gasteiger partial charge in [0.2, 0.25) is 0 Å². The number of hydrogen-bond donors (Lipinski definition) is 0. The van der Waals surface area contributed by atoms with Crippen molar-refractivity contribution in [3.8, 4) is 45.6 Å². The van der Waals surface area contributed by atoms with E-state index < -0.39 is 21.3 Å². The van der Waals surface area contributed by atoms with Gasteiger partial charge in [-0.3, -0.25) is 0 Å². The molecule has 0 spiro atoms. The third-order valence-corrected chi connectivity index (χ3v) is 17.5. The van der Waals surface area contributed by atoms with Crippen molar-refractivity contribution in [3.63, 3.8) is 0 Å². The summed E-state index contributed by atoms with van der Waals surface area (Å²) in [5.41, 5.74) is 6.27. The molecule has 0 amide bonds. The van der Waals surface area contributed by atoms with Gasteiger partial charge in [0, 0.05) is 0 Å². The second-order valence-electron chi connectivity index (χ2n) is 11.5. The van der Waals surface area contributed by atoms with Crippen LogP contribution in [0.15, 0.2) is 106 Å². The summed E-state index contributed by atoms with van der Waals surface area (Å²) in [6, 6.07) is 28.3. The van der Waals surface area contributed by atoms with E-state index in [2.05, 4.69) is 66.8 Å². The van der Waals surface area contributed by atoms with Crippen molar-refractivity contribution in [1.82, 2.24) is 0 Å². The zero-order chi connectivity index (χ0) is 33.2. The van der Waals surface area contributed by atoms with Crippen LogP contribution in [-0.4, -0.2) is 31.6 Å². The Bertz CT molecular complexity index is 1620. The Morgan fingerprint density at radius 2 is 1.02 bits per heavy atom. The van der Waals surface area contributed by atoms with Crippen molar-refractivity contribution in [2.24, 2.45) is 0 Å². The van der Waals surface area contributed by atoms with E-state index in [1.807, 2.05) is 6.49 Å². The monoisotopic (exact) mass is 708 g/mol. The van der Waals surface area contributed by atoms with Crippen LogP contribution in [0.25, 0.3) is 11.1 Å². The Morgan fingerprint density at radius 3 is 1.43 bits per heavy atom. The Hall–Kier alpha value is -4.09. The molecule has 4 aromatic carbocycles. The first kappa shape index (κ1) is 34.3. The molecule has 0 aromatic heterocycles. The summed E-state index contributed by atoms with van der Waals surface area (Å²) in [6.45, 7) is 0. The molecule has 0 saturated heterocycles. The third kappa shape index (κ3) is 7.73. The van der Waals surface area contributed by atoms with Crippen LogP contribution in [0.1, 0.15) is 53.3 Å². The first-order valence-corrected chi connectivity index (χ1v) is 19.9. The minimum Gasteiger partial charge on any atom is -0.867 e. The maximum Gasteiger partial charge on any atom is 0.114 e. The predicted octanol–water partition coefficient (Wildman–Crippen LogP) is 7.91. The zero-order valence-corrected chi connectivity index (χ0v) is 30.0. The molecule has 0 N–H and O–H groups in total. The minimum absolute atomic E-state index is 0.211. The van der Waals surface area contributed by atoms with Gasteiger partial charge < -0.3 is 29.2 Å². The number of rotatable bonds is 6. The molecular weight excluding hydrogens is 668 g/mol. The number of fused-ring (bicyclic) bond motifs is 3. The minimum atomic E-state index is -1.91. The molecule has 0 radical (unpaired) electrons. The maximum absolute atomic E-state index is 11.2. The van der Waals surface area contributed by atoms with E-state index in [0.717, 1.165) is 0 Å². The number of para-hydroxylation sites is 2.